The van der Waals surface area contributed by atoms with Crippen molar-refractivity contribution in [2.45, 2.75) is 64.7 Å². The third kappa shape index (κ3) is 4.18. The molecular formula is C58H45BN2S. The van der Waals surface area contributed by atoms with Crippen LogP contribution in [0.25, 0.3) is 81.0 Å². The van der Waals surface area contributed by atoms with Crippen LogP contribution in [0.3, 0.4) is 0 Å². The highest BCUT2D eigenvalue weighted by Gasteiger charge is 2.47. The first-order chi connectivity index (χ1) is 29.9. The maximum Gasteiger partial charge on any atom is 0.333 e. The molecule has 8 aromatic carbocycles. The van der Waals surface area contributed by atoms with Gasteiger partial charge in [0, 0.05) is 64.4 Å². The fraction of sp³-hybridized carbons (Fsp3) is 0.172. The number of rotatable bonds is 1. The Kier molecular flexibility index (Phi) is 6.46. The summed E-state index contributed by atoms with van der Waals surface area (Å²) in [5, 5.41) is 5.38. The fourth-order valence-electron chi connectivity index (χ4n) is 12.5. The van der Waals surface area contributed by atoms with Crippen LogP contribution >= 0.6 is 11.3 Å². The molecule has 14 rings (SSSR count). The van der Waals surface area contributed by atoms with Crippen molar-refractivity contribution in [2.75, 3.05) is 4.81 Å². The summed E-state index contributed by atoms with van der Waals surface area (Å²) in [4.78, 5) is 2.73. The maximum atomic E-state index is 2.73. The van der Waals surface area contributed by atoms with E-state index in [2.05, 4.69) is 203 Å². The quantitative estimate of drug-likeness (QED) is 0.150. The summed E-state index contributed by atoms with van der Waals surface area (Å²) in [7, 11) is 0. The molecule has 0 unspecified atom stereocenters. The number of hydrogen-bond acceptors (Lipinski definition) is 2. The van der Waals surface area contributed by atoms with E-state index < -0.39 is 0 Å². The zero-order valence-corrected chi connectivity index (χ0v) is 37.1. The van der Waals surface area contributed by atoms with Crippen LogP contribution in [0.1, 0.15) is 76.3 Å². The Morgan fingerprint density at radius 3 is 2.02 bits per heavy atom. The lowest BCUT2D eigenvalue weighted by Gasteiger charge is -2.42. The number of thiophene rings is 1. The fourth-order valence-corrected chi connectivity index (χ4v) is 13.6. The lowest BCUT2D eigenvalue weighted by atomic mass is 9.44. The topological polar surface area (TPSA) is 8.17 Å². The molecule has 0 saturated heterocycles. The molecule has 2 nitrogen and oxygen atoms in total. The molecule has 2 aliphatic carbocycles. The molecule has 4 aliphatic rings. The highest BCUT2D eigenvalue weighted by molar-refractivity contribution is 7.26. The zero-order chi connectivity index (χ0) is 41.8. The first-order valence-corrected chi connectivity index (χ1v) is 23.1. The van der Waals surface area contributed by atoms with E-state index in [0.29, 0.717) is 0 Å². The van der Waals surface area contributed by atoms with E-state index in [1.165, 1.54) is 131 Å². The van der Waals surface area contributed by atoms with Crippen LogP contribution < -0.4 is 15.7 Å². The Morgan fingerprint density at radius 2 is 1.23 bits per heavy atom. The molecule has 0 bridgehead atoms. The monoisotopic (exact) mass is 812 g/mol. The molecule has 296 valence electrons. The summed E-state index contributed by atoms with van der Waals surface area (Å²) < 4.78 is 5.35. The minimum atomic E-state index is -0.127. The van der Waals surface area contributed by atoms with Gasteiger partial charge in [0.15, 0.2) is 0 Å². The molecule has 10 aromatic rings. The molecule has 2 aromatic heterocycles. The number of benzene rings is 8. The van der Waals surface area contributed by atoms with Crippen molar-refractivity contribution in [3.05, 3.63) is 173 Å². The van der Waals surface area contributed by atoms with Gasteiger partial charge in [-0.15, -0.1) is 11.3 Å². The van der Waals surface area contributed by atoms with E-state index in [0.717, 1.165) is 0 Å². The molecule has 4 heterocycles. The van der Waals surface area contributed by atoms with Gasteiger partial charge in [-0.1, -0.05) is 146 Å². The number of hydrogen-bond donors (Lipinski definition) is 0. The number of aromatic nitrogens is 1. The summed E-state index contributed by atoms with van der Waals surface area (Å²) in [5.74, 6) is 0. The van der Waals surface area contributed by atoms with Gasteiger partial charge in [0.1, 0.15) is 0 Å². The van der Waals surface area contributed by atoms with E-state index in [1.54, 1.807) is 0 Å². The molecule has 0 amide bonds. The van der Waals surface area contributed by atoms with E-state index in [1.807, 2.05) is 11.3 Å². The molecule has 0 radical (unpaired) electrons. The molecular weight excluding hydrogens is 768 g/mol. The SMILES string of the molecule is CC(C)(C)c1ccc(N2B3c4cc5sc6ccccc6c5cc4-n4c5ccc6c(c5c5ccc(c3c54)-c3cc4c(cc32)C(C)(C)c2ccccc2-4)-c2ccccc2C6(C)C)cc1. The number of anilines is 2. The first-order valence-electron chi connectivity index (χ1n) is 22.3. The molecule has 0 fully saturated rings. The van der Waals surface area contributed by atoms with Crippen molar-refractivity contribution in [3.8, 4) is 39.1 Å². The molecule has 0 spiro atoms. The molecule has 4 heteroatoms. The van der Waals surface area contributed by atoms with Crippen molar-refractivity contribution < 1.29 is 0 Å². The van der Waals surface area contributed by atoms with Gasteiger partial charge < -0.3 is 9.38 Å². The third-order valence-electron chi connectivity index (χ3n) is 15.5. The molecule has 62 heavy (non-hydrogen) atoms. The van der Waals surface area contributed by atoms with E-state index in [9.17, 15) is 0 Å². The van der Waals surface area contributed by atoms with Gasteiger partial charge in [0.05, 0.1) is 11.0 Å². The lowest BCUT2D eigenvalue weighted by Crippen LogP contribution is -2.60. The summed E-state index contributed by atoms with van der Waals surface area (Å²) in [6.07, 6.45) is 0. The van der Waals surface area contributed by atoms with Gasteiger partial charge >= 0.3 is 6.85 Å². The molecule has 2 aliphatic heterocycles. The van der Waals surface area contributed by atoms with E-state index in [-0.39, 0.29) is 23.1 Å². The van der Waals surface area contributed by atoms with Gasteiger partial charge in [-0.25, -0.2) is 0 Å². The van der Waals surface area contributed by atoms with Gasteiger partial charge in [0.25, 0.3) is 0 Å². The Hall–Kier alpha value is -6.36. The molecule has 0 saturated carbocycles. The summed E-state index contributed by atoms with van der Waals surface area (Å²) in [5.41, 5.74) is 24.1. The Morgan fingerprint density at radius 1 is 0.516 bits per heavy atom. The summed E-state index contributed by atoms with van der Waals surface area (Å²) in [6, 6.07) is 56.8. The van der Waals surface area contributed by atoms with Crippen LogP contribution in [0.5, 0.6) is 0 Å². The Balaban J connectivity index is 1.17. The zero-order valence-electron chi connectivity index (χ0n) is 36.2. The first kappa shape index (κ1) is 35.3. The van der Waals surface area contributed by atoms with Gasteiger partial charge in [-0.2, -0.15) is 0 Å². The average molecular weight is 813 g/mol. The number of fused-ring (bicyclic) bond motifs is 18. The largest absolute Gasteiger partial charge is 0.376 e. The van der Waals surface area contributed by atoms with Crippen molar-refractivity contribution in [3.63, 3.8) is 0 Å². The summed E-state index contributed by atoms with van der Waals surface area (Å²) in [6.45, 7) is 16.5. The predicted octanol–water partition coefficient (Wildman–Crippen LogP) is 14.3. The lowest BCUT2D eigenvalue weighted by molar-refractivity contribution is 0.590. The van der Waals surface area contributed by atoms with Gasteiger partial charge in [0.2, 0.25) is 0 Å². The van der Waals surface area contributed by atoms with E-state index in [4.69, 9.17) is 0 Å². The minimum Gasteiger partial charge on any atom is -0.376 e. The highest BCUT2D eigenvalue weighted by Crippen LogP contribution is 2.57. The molecule has 0 N–H and O–H groups in total. The van der Waals surface area contributed by atoms with Crippen molar-refractivity contribution in [1.29, 1.82) is 0 Å². The van der Waals surface area contributed by atoms with Gasteiger partial charge in [-0.3, -0.25) is 0 Å². The predicted molar refractivity (Wildman–Crippen MR) is 267 cm³/mol. The van der Waals surface area contributed by atoms with Crippen LogP contribution in [0.4, 0.5) is 11.4 Å². The van der Waals surface area contributed by atoms with Crippen molar-refractivity contribution >= 4 is 82.5 Å². The van der Waals surface area contributed by atoms with Gasteiger partial charge in [-0.05, 0) is 121 Å². The molecule has 0 atom stereocenters. The normalized spacial score (nSPS) is 15.9. The maximum absolute atomic E-state index is 2.73. The second kappa shape index (κ2) is 11.4. The number of nitrogens with zero attached hydrogens (tertiary/aromatic N) is 2. The minimum absolute atomic E-state index is 0.0479. The van der Waals surface area contributed by atoms with Crippen molar-refractivity contribution in [2.24, 2.45) is 0 Å². The Bertz CT molecular complexity index is 3680. The van der Waals surface area contributed by atoms with Crippen LogP contribution in [0.15, 0.2) is 146 Å². The standard InChI is InChI=1S/C58H45BN2S/c1-56(2,3)32-20-22-33(23-21-32)61-48-30-45-39(34-14-8-11-17-42(34)58(45,6)7)28-40(48)36-24-25-38-53-47(27-26-44-52(53)37-16-9-12-18-43(37)57(44,4)5)60-49-29-41-35-15-10-13-19-50(35)62-51(41)31-46(49)59(61)54(36)55(38)60/h8-31H,1-7H3. The second-order valence-corrected chi connectivity index (χ2v) is 21.6. The summed E-state index contributed by atoms with van der Waals surface area (Å²) >= 11 is 1.93. The van der Waals surface area contributed by atoms with Crippen LogP contribution in [0, 0.1) is 0 Å². The second-order valence-electron chi connectivity index (χ2n) is 20.5. The highest BCUT2D eigenvalue weighted by atomic mass is 32.1. The van der Waals surface area contributed by atoms with Crippen LogP contribution in [-0.4, -0.2) is 11.4 Å². The van der Waals surface area contributed by atoms with E-state index >= 15 is 0 Å². The smallest absolute Gasteiger partial charge is 0.333 e. The Labute approximate surface area is 367 Å². The van der Waals surface area contributed by atoms with Crippen LogP contribution in [0.2, 0.25) is 0 Å². The average Bonchev–Trinajstić information content (AvgIpc) is 3.95. The van der Waals surface area contributed by atoms with Crippen molar-refractivity contribution in [1.82, 2.24) is 4.57 Å². The third-order valence-corrected chi connectivity index (χ3v) is 16.7. The van der Waals surface area contributed by atoms with Crippen LogP contribution in [-0.2, 0) is 16.2 Å².